The van der Waals surface area contributed by atoms with Gasteiger partial charge in [0.05, 0.1) is 18.5 Å². The number of aryl methyl sites for hydroxylation is 1. The Bertz CT molecular complexity index is 1130. The van der Waals surface area contributed by atoms with Gasteiger partial charge in [0.15, 0.2) is 5.13 Å². The molecule has 1 aromatic carbocycles. The first-order valence-electron chi connectivity index (χ1n) is 8.10. The Morgan fingerprint density at radius 1 is 1.19 bits per heavy atom. The molecular weight excluding hydrogens is 367 g/mol. The van der Waals surface area contributed by atoms with Crippen LogP contribution in [0.5, 0.6) is 5.75 Å². The molecule has 27 heavy (non-hydrogen) atoms. The van der Waals surface area contributed by atoms with E-state index in [4.69, 9.17) is 4.74 Å². The summed E-state index contributed by atoms with van der Waals surface area (Å²) in [6.07, 6.45) is 1.24. The summed E-state index contributed by atoms with van der Waals surface area (Å²) in [5.74, 6) is -0.0657. The molecule has 0 atom stereocenters. The van der Waals surface area contributed by atoms with Crippen molar-refractivity contribution in [3.63, 3.8) is 0 Å². The summed E-state index contributed by atoms with van der Waals surface area (Å²) in [6, 6.07) is 10.3. The molecule has 8 heteroatoms. The molecule has 0 unspecified atom stereocenters. The summed E-state index contributed by atoms with van der Waals surface area (Å²) in [5.41, 5.74) is 2.98. The minimum Gasteiger partial charge on any atom is -0.497 e. The third-order valence-electron chi connectivity index (χ3n) is 4.08. The highest BCUT2D eigenvalue weighted by molar-refractivity contribution is 7.14. The molecule has 0 aliphatic heterocycles. The first-order chi connectivity index (χ1) is 13.0. The quantitative estimate of drug-likeness (QED) is 0.575. The fourth-order valence-corrected chi connectivity index (χ4v) is 3.51. The Morgan fingerprint density at radius 2 is 1.96 bits per heavy atom. The lowest BCUT2D eigenvalue weighted by Crippen LogP contribution is -2.15. The lowest BCUT2D eigenvalue weighted by atomic mass is 10.2. The van der Waals surface area contributed by atoms with Crippen molar-refractivity contribution in [1.29, 1.82) is 0 Å². The Morgan fingerprint density at radius 3 is 2.70 bits per heavy atom. The van der Waals surface area contributed by atoms with Crippen molar-refractivity contribution in [1.82, 2.24) is 14.4 Å². The molecule has 0 aliphatic carbocycles. The molecule has 1 amide bonds. The number of imidazole rings is 1. The Balaban J connectivity index is 1.60. The first kappa shape index (κ1) is 17.2. The molecular formula is C19H15FN4O2S. The van der Waals surface area contributed by atoms with Crippen LogP contribution in [-0.4, -0.2) is 27.4 Å². The zero-order valence-electron chi connectivity index (χ0n) is 14.6. The van der Waals surface area contributed by atoms with Gasteiger partial charge < -0.3 is 4.74 Å². The van der Waals surface area contributed by atoms with Crippen LogP contribution in [0.15, 0.2) is 48.0 Å². The van der Waals surface area contributed by atoms with E-state index in [9.17, 15) is 9.18 Å². The molecule has 4 rings (SSSR count). The van der Waals surface area contributed by atoms with E-state index in [-0.39, 0.29) is 11.6 Å². The predicted octanol–water partition coefficient (Wildman–Crippen LogP) is 4.17. The molecule has 0 bridgehead atoms. The molecule has 0 spiro atoms. The lowest BCUT2D eigenvalue weighted by molar-refractivity contribution is 0.102. The summed E-state index contributed by atoms with van der Waals surface area (Å²) >= 11 is 1.32. The zero-order valence-corrected chi connectivity index (χ0v) is 15.4. The standard InChI is InChI=1S/C19H15FN4O2S/c1-11-17(24-9-13(20)5-8-16(24)21-11)18(25)23-19-22-15(10-27-19)12-3-6-14(26-2)7-4-12/h3-10H,1-2H3,(H,22,23,25). The van der Waals surface area contributed by atoms with Gasteiger partial charge in [-0.25, -0.2) is 14.4 Å². The van der Waals surface area contributed by atoms with Gasteiger partial charge in [0.2, 0.25) is 0 Å². The van der Waals surface area contributed by atoms with Crippen LogP contribution in [0.4, 0.5) is 9.52 Å². The number of fused-ring (bicyclic) bond motifs is 1. The number of anilines is 1. The highest BCUT2D eigenvalue weighted by Crippen LogP contribution is 2.27. The van der Waals surface area contributed by atoms with Crippen molar-refractivity contribution in [3.8, 4) is 17.0 Å². The van der Waals surface area contributed by atoms with Gasteiger partial charge in [0.1, 0.15) is 22.9 Å². The molecule has 0 aliphatic rings. The van der Waals surface area contributed by atoms with E-state index in [2.05, 4.69) is 15.3 Å². The largest absolute Gasteiger partial charge is 0.497 e. The van der Waals surface area contributed by atoms with Crippen LogP contribution < -0.4 is 10.1 Å². The minimum atomic E-state index is -0.440. The second-order valence-electron chi connectivity index (χ2n) is 5.84. The topological polar surface area (TPSA) is 68.5 Å². The number of benzene rings is 1. The number of halogens is 1. The monoisotopic (exact) mass is 382 g/mol. The number of carbonyl (C=O) groups is 1. The lowest BCUT2D eigenvalue weighted by Gasteiger charge is -2.03. The molecule has 0 radical (unpaired) electrons. The molecule has 136 valence electrons. The summed E-state index contributed by atoms with van der Waals surface area (Å²) in [4.78, 5) is 21.5. The number of amides is 1. The highest BCUT2D eigenvalue weighted by atomic mass is 32.1. The second-order valence-corrected chi connectivity index (χ2v) is 6.70. The number of aromatic nitrogens is 3. The Kier molecular flexibility index (Phi) is 4.33. The third-order valence-corrected chi connectivity index (χ3v) is 4.84. The Hall–Kier alpha value is -3.26. The summed E-state index contributed by atoms with van der Waals surface area (Å²) < 4.78 is 20.2. The normalized spacial score (nSPS) is 10.9. The number of pyridine rings is 1. The number of hydrogen-bond acceptors (Lipinski definition) is 5. The van der Waals surface area contributed by atoms with E-state index in [1.165, 1.54) is 34.1 Å². The van der Waals surface area contributed by atoms with E-state index in [0.29, 0.717) is 16.5 Å². The number of hydrogen-bond donors (Lipinski definition) is 1. The van der Waals surface area contributed by atoms with E-state index >= 15 is 0 Å². The maximum Gasteiger partial charge on any atom is 0.276 e. The van der Waals surface area contributed by atoms with Crippen molar-refractivity contribution >= 4 is 28.0 Å². The highest BCUT2D eigenvalue weighted by Gasteiger charge is 2.18. The number of nitrogens with one attached hydrogen (secondary N) is 1. The number of thiazole rings is 1. The molecule has 1 N–H and O–H groups in total. The van der Waals surface area contributed by atoms with Crippen molar-refractivity contribution in [2.45, 2.75) is 6.92 Å². The number of carbonyl (C=O) groups excluding carboxylic acids is 1. The summed E-state index contributed by atoms with van der Waals surface area (Å²) in [6.45, 7) is 1.71. The number of methoxy groups -OCH3 is 1. The molecule has 0 saturated carbocycles. The van der Waals surface area contributed by atoms with Crippen molar-refractivity contribution in [3.05, 3.63) is 65.2 Å². The molecule has 4 aromatic rings. The Labute approximate surface area is 158 Å². The van der Waals surface area contributed by atoms with Crippen LogP contribution in [0, 0.1) is 12.7 Å². The van der Waals surface area contributed by atoms with Crippen LogP contribution in [0.25, 0.3) is 16.9 Å². The molecule has 0 saturated heterocycles. The van der Waals surface area contributed by atoms with Crippen LogP contribution in [0.1, 0.15) is 16.2 Å². The number of rotatable bonds is 4. The molecule has 0 fully saturated rings. The van der Waals surface area contributed by atoms with Gasteiger partial charge in [-0.1, -0.05) is 0 Å². The van der Waals surface area contributed by atoms with E-state index in [1.807, 2.05) is 29.6 Å². The average Bonchev–Trinajstić information content (AvgIpc) is 3.25. The zero-order chi connectivity index (χ0) is 19.0. The van der Waals surface area contributed by atoms with Crippen molar-refractivity contribution < 1.29 is 13.9 Å². The first-order valence-corrected chi connectivity index (χ1v) is 8.98. The van der Waals surface area contributed by atoms with Gasteiger partial charge in [0, 0.05) is 17.1 Å². The van der Waals surface area contributed by atoms with Crippen molar-refractivity contribution in [2.24, 2.45) is 0 Å². The van der Waals surface area contributed by atoms with Crippen LogP contribution in [0.2, 0.25) is 0 Å². The summed E-state index contributed by atoms with van der Waals surface area (Å²) in [5, 5.41) is 5.08. The van der Waals surface area contributed by atoms with Crippen LogP contribution >= 0.6 is 11.3 Å². The number of nitrogens with zero attached hydrogens (tertiary/aromatic N) is 3. The third kappa shape index (κ3) is 3.26. The average molecular weight is 382 g/mol. The van der Waals surface area contributed by atoms with Crippen molar-refractivity contribution in [2.75, 3.05) is 12.4 Å². The van der Waals surface area contributed by atoms with Crippen LogP contribution in [0.3, 0.4) is 0 Å². The second kappa shape index (κ2) is 6.81. The fourth-order valence-electron chi connectivity index (χ4n) is 2.79. The smallest absolute Gasteiger partial charge is 0.276 e. The summed E-state index contributed by atoms with van der Waals surface area (Å²) in [7, 11) is 1.61. The van der Waals surface area contributed by atoms with Gasteiger partial charge in [-0.15, -0.1) is 11.3 Å². The van der Waals surface area contributed by atoms with Gasteiger partial charge >= 0.3 is 0 Å². The van der Waals surface area contributed by atoms with Gasteiger partial charge in [0.25, 0.3) is 5.91 Å². The van der Waals surface area contributed by atoms with E-state index in [1.54, 1.807) is 14.0 Å². The molecule has 3 heterocycles. The maximum absolute atomic E-state index is 13.6. The van der Waals surface area contributed by atoms with E-state index < -0.39 is 5.82 Å². The van der Waals surface area contributed by atoms with Crippen LogP contribution in [-0.2, 0) is 0 Å². The van der Waals surface area contributed by atoms with Gasteiger partial charge in [-0.05, 0) is 43.3 Å². The number of ether oxygens (including phenoxy) is 1. The minimum absolute atomic E-state index is 0.283. The molecule has 3 aromatic heterocycles. The van der Waals surface area contributed by atoms with Gasteiger partial charge in [-0.3, -0.25) is 14.5 Å². The SMILES string of the molecule is COc1ccc(-c2csc(NC(=O)c3c(C)nc4ccc(F)cn34)n2)cc1. The molecule has 6 nitrogen and oxygen atoms in total. The predicted molar refractivity (Wildman–Crippen MR) is 102 cm³/mol. The fraction of sp³-hybridized carbons (Fsp3) is 0.105. The van der Waals surface area contributed by atoms with Gasteiger partial charge in [-0.2, -0.15) is 0 Å². The van der Waals surface area contributed by atoms with E-state index in [0.717, 1.165) is 17.0 Å². The maximum atomic E-state index is 13.6.